The van der Waals surface area contributed by atoms with E-state index in [2.05, 4.69) is 39.0 Å². The van der Waals surface area contributed by atoms with Gasteiger partial charge in [0.25, 0.3) is 0 Å². The average molecular weight is 395 g/mol. The van der Waals surface area contributed by atoms with E-state index in [0.29, 0.717) is 12.1 Å². The molecule has 1 atom stereocenters. The fraction of sp³-hybridized carbons (Fsp3) is 0.720. The predicted molar refractivity (Wildman–Crippen MR) is 120 cm³/mol. The molecule has 5 rings (SSSR count). The van der Waals surface area contributed by atoms with E-state index in [0.717, 1.165) is 12.5 Å². The van der Waals surface area contributed by atoms with Gasteiger partial charge in [0.05, 0.1) is 17.1 Å². The van der Waals surface area contributed by atoms with Crippen molar-refractivity contribution in [1.29, 1.82) is 0 Å². The van der Waals surface area contributed by atoms with Crippen LogP contribution >= 0.6 is 0 Å². The van der Waals surface area contributed by atoms with Crippen LogP contribution in [0, 0.1) is 5.92 Å². The van der Waals surface area contributed by atoms with Gasteiger partial charge in [0, 0.05) is 25.7 Å². The van der Waals surface area contributed by atoms with Crippen LogP contribution < -0.4 is 5.32 Å². The molecule has 2 aliphatic heterocycles. The SMILES string of the molecule is c1ccc2c(c1)nc([C@H]1CCCN1)n2C1CCN(CC2CCCCCCC2)CC1. The van der Waals surface area contributed by atoms with E-state index in [9.17, 15) is 0 Å². The molecular weight excluding hydrogens is 356 g/mol. The zero-order chi connectivity index (χ0) is 19.5. The maximum Gasteiger partial charge on any atom is 0.127 e. The van der Waals surface area contributed by atoms with Crippen LogP contribution in [-0.2, 0) is 0 Å². The summed E-state index contributed by atoms with van der Waals surface area (Å²) in [5, 5.41) is 3.69. The smallest absolute Gasteiger partial charge is 0.127 e. The summed E-state index contributed by atoms with van der Waals surface area (Å²) in [5.41, 5.74) is 2.52. The molecule has 0 radical (unpaired) electrons. The summed E-state index contributed by atoms with van der Waals surface area (Å²) in [7, 11) is 0. The third-order valence-corrected chi connectivity index (χ3v) is 7.66. The van der Waals surface area contributed by atoms with Gasteiger partial charge < -0.3 is 14.8 Å². The van der Waals surface area contributed by atoms with Crippen molar-refractivity contribution in [2.45, 2.75) is 82.7 Å². The Hall–Kier alpha value is -1.39. The second-order valence-corrected chi connectivity index (χ2v) is 9.72. The molecule has 1 aliphatic carbocycles. The predicted octanol–water partition coefficient (Wildman–Crippen LogP) is 5.46. The van der Waals surface area contributed by atoms with Gasteiger partial charge in [0.15, 0.2) is 0 Å². The zero-order valence-electron chi connectivity index (χ0n) is 18.0. The monoisotopic (exact) mass is 394 g/mol. The Morgan fingerprint density at radius 3 is 2.38 bits per heavy atom. The van der Waals surface area contributed by atoms with Crippen LogP contribution in [0.1, 0.15) is 88.5 Å². The standard InChI is InChI=1S/C25H38N4/c1-2-4-9-20(10-5-3-1)19-28-17-14-21(15-18-28)29-24-13-7-6-11-22(24)27-25(29)23-12-8-16-26-23/h6-7,11,13,20-21,23,26H,1-5,8-10,12,14-19H2/t23-/m1/s1. The van der Waals surface area contributed by atoms with E-state index in [1.807, 2.05) is 0 Å². The molecule has 0 unspecified atom stereocenters. The number of piperidine rings is 1. The highest BCUT2D eigenvalue weighted by Crippen LogP contribution is 2.34. The lowest BCUT2D eigenvalue weighted by molar-refractivity contribution is 0.151. The molecule has 3 fully saturated rings. The van der Waals surface area contributed by atoms with Crippen LogP contribution in [0.3, 0.4) is 0 Å². The summed E-state index contributed by atoms with van der Waals surface area (Å²) in [6.45, 7) is 4.98. The number of benzene rings is 1. The number of hydrogen-bond acceptors (Lipinski definition) is 3. The number of fused-ring (bicyclic) bond motifs is 1. The molecule has 29 heavy (non-hydrogen) atoms. The summed E-state index contributed by atoms with van der Waals surface area (Å²) >= 11 is 0. The summed E-state index contributed by atoms with van der Waals surface area (Å²) in [4.78, 5) is 7.86. The van der Waals surface area contributed by atoms with Crippen molar-refractivity contribution in [3.05, 3.63) is 30.1 Å². The number of rotatable bonds is 4. The Labute approximate surface area is 176 Å². The summed E-state index contributed by atoms with van der Waals surface area (Å²) in [6, 6.07) is 9.82. The van der Waals surface area contributed by atoms with Gasteiger partial charge in [-0.1, -0.05) is 44.2 Å². The summed E-state index contributed by atoms with van der Waals surface area (Å²) < 4.78 is 2.62. The minimum Gasteiger partial charge on any atom is -0.323 e. The highest BCUT2D eigenvalue weighted by atomic mass is 15.2. The van der Waals surface area contributed by atoms with Crippen LogP contribution in [0.15, 0.2) is 24.3 Å². The number of aromatic nitrogens is 2. The number of hydrogen-bond donors (Lipinski definition) is 1. The Balaban J connectivity index is 1.28. The molecule has 0 spiro atoms. The number of nitrogens with one attached hydrogen (secondary N) is 1. The highest BCUT2D eigenvalue weighted by Gasteiger charge is 2.29. The first kappa shape index (κ1) is 19.6. The molecule has 0 bridgehead atoms. The minimum absolute atomic E-state index is 0.440. The van der Waals surface area contributed by atoms with Crippen molar-refractivity contribution in [1.82, 2.24) is 19.8 Å². The first-order chi connectivity index (χ1) is 14.4. The third kappa shape index (κ3) is 4.39. The molecule has 1 aromatic heterocycles. The number of likely N-dealkylation sites (tertiary alicyclic amines) is 1. The maximum atomic E-state index is 5.09. The van der Waals surface area contributed by atoms with E-state index >= 15 is 0 Å². The second kappa shape index (κ2) is 9.18. The molecule has 1 N–H and O–H groups in total. The van der Waals surface area contributed by atoms with Crippen LogP contribution in [0.25, 0.3) is 11.0 Å². The van der Waals surface area contributed by atoms with E-state index in [-0.39, 0.29) is 0 Å². The van der Waals surface area contributed by atoms with E-state index in [4.69, 9.17) is 4.98 Å². The fourth-order valence-corrected chi connectivity index (χ4v) is 6.05. The molecule has 158 valence electrons. The number of imidazole rings is 1. The third-order valence-electron chi connectivity index (χ3n) is 7.66. The van der Waals surface area contributed by atoms with Crippen LogP contribution in [0.4, 0.5) is 0 Å². The van der Waals surface area contributed by atoms with Gasteiger partial charge in [-0.2, -0.15) is 0 Å². The van der Waals surface area contributed by atoms with Crippen molar-refractivity contribution in [3.63, 3.8) is 0 Å². The summed E-state index contributed by atoms with van der Waals surface area (Å²) in [5.74, 6) is 2.24. The van der Waals surface area contributed by atoms with Crippen LogP contribution in [-0.4, -0.2) is 40.6 Å². The lowest BCUT2D eigenvalue weighted by atomic mass is 9.90. The first-order valence-corrected chi connectivity index (χ1v) is 12.3. The van der Waals surface area contributed by atoms with Gasteiger partial charge in [-0.15, -0.1) is 0 Å². The van der Waals surface area contributed by atoms with Gasteiger partial charge in [-0.25, -0.2) is 4.98 Å². The lowest BCUT2D eigenvalue weighted by Gasteiger charge is -2.36. The highest BCUT2D eigenvalue weighted by molar-refractivity contribution is 5.76. The molecule has 1 aromatic carbocycles. The van der Waals surface area contributed by atoms with E-state index in [1.165, 1.54) is 107 Å². The zero-order valence-corrected chi connectivity index (χ0v) is 18.0. The molecular formula is C25H38N4. The Kier molecular flexibility index (Phi) is 6.19. The largest absolute Gasteiger partial charge is 0.323 e. The molecule has 3 aliphatic rings. The van der Waals surface area contributed by atoms with Crippen LogP contribution in [0.2, 0.25) is 0 Å². The number of para-hydroxylation sites is 2. The lowest BCUT2D eigenvalue weighted by Crippen LogP contribution is -2.38. The normalized spacial score (nSPS) is 26.0. The quantitative estimate of drug-likeness (QED) is 0.748. The van der Waals surface area contributed by atoms with Gasteiger partial charge in [-0.05, 0) is 63.1 Å². The van der Waals surface area contributed by atoms with Gasteiger partial charge in [0.1, 0.15) is 5.82 Å². The van der Waals surface area contributed by atoms with Gasteiger partial charge >= 0.3 is 0 Å². The Morgan fingerprint density at radius 1 is 0.862 bits per heavy atom. The maximum absolute atomic E-state index is 5.09. The molecule has 3 heterocycles. The molecule has 4 nitrogen and oxygen atoms in total. The van der Waals surface area contributed by atoms with Crippen LogP contribution in [0.5, 0.6) is 0 Å². The van der Waals surface area contributed by atoms with Crippen molar-refractivity contribution < 1.29 is 0 Å². The van der Waals surface area contributed by atoms with Crippen molar-refractivity contribution in [3.8, 4) is 0 Å². The number of nitrogens with zero attached hydrogens (tertiary/aromatic N) is 3. The van der Waals surface area contributed by atoms with Gasteiger partial charge in [-0.3, -0.25) is 0 Å². The van der Waals surface area contributed by atoms with Crippen molar-refractivity contribution in [2.75, 3.05) is 26.2 Å². The van der Waals surface area contributed by atoms with E-state index < -0.39 is 0 Å². The Bertz CT molecular complexity index is 775. The summed E-state index contributed by atoms with van der Waals surface area (Å²) in [6.07, 6.45) is 15.3. The van der Waals surface area contributed by atoms with Crippen molar-refractivity contribution >= 4 is 11.0 Å². The van der Waals surface area contributed by atoms with E-state index in [1.54, 1.807) is 0 Å². The molecule has 4 heteroatoms. The topological polar surface area (TPSA) is 33.1 Å². The molecule has 1 saturated carbocycles. The minimum atomic E-state index is 0.440. The second-order valence-electron chi connectivity index (χ2n) is 9.72. The first-order valence-electron chi connectivity index (χ1n) is 12.3. The molecule has 0 amide bonds. The molecule has 2 aromatic rings. The van der Waals surface area contributed by atoms with Crippen molar-refractivity contribution in [2.24, 2.45) is 5.92 Å². The fourth-order valence-electron chi connectivity index (χ4n) is 6.05. The molecule has 2 saturated heterocycles. The van der Waals surface area contributed by atoms with Gasteiger partial charge in [0.2, 0.25) is 0 Å². The Morgan fingerprint density at radius 2 is 1.62 bits per heavy atom. The average Bonchev–Trinajstić information content (AvgIpc) is 3.38.